The summed E-state index contributed by atoms with van der Waals surface area (Å²) < 4.78 is 0.642. The molecule has 0 aliphatic rings. The monoisotopic (exact) mass is 350 g/mol. The van der Waals surface area contributed by atoms with Crippen molar-refractivity contribution in [2.75, 3.05) is 11.9 Å². The molecule has 1 atom stereocenters. The number of carbonyl (C=O) groups excluding carboxylic acids is 1. The summed E-state index contributed by atoms with van der Waals surface area (Å²) in [5.74, 6) is -1.40. The molecule has 0 aromatic heterocycles. The fourth-order valence-corrected chi connectivity index (χ4v) is 1.91. The highest BCUT2D eigenvalue weighted by Gasteiger charge is 2.14. The highest BCUT2D eigenvalue weighted by atomic mass is 79.9. The van der Waals surface area contributed by atoms with E-state index in [2.05, 4.69) is 26.6 Å². The minimum absolute atomic E-state index is 0.390. The van der Waals surface area contributed by atoms with Gasteiger partial charge in [-0.2, -0.15) is 0 Å². The molecule has 0 aliphatic heterocycles. The first-order chi connectivity index (χ1) is 8.81. The molecule has 0 saturated heterocycles. The smallest absolute Gasteiger partial charge is 0.334 e. The molecule has 0 spiro atoms. The van der Waals surface area contributed by atoms with E-state index >= 15 is 0 Å². The third kappa shape index (κ3) is 4.70. The molecule has 0 heterocycles. The van der Waals surface area contributed by atoms with Crippen LogP contribution >= 0.6 is 27.5 Å². The summed E-state index contributed by atoms with van der Waals surface area (Å²) in [6.45, 7) is 1.43. The number of anilines is 1. The van der Waals surface area contributed by atoms with E-state index < -0.39 is 24.6 Å². The van der Waals surface area contributed by atoms with Crippen LogP contribution in [0.25, 0.3) is 0 Å². The van der Waals surface area contributed by atoms with Crippen LogP contribution < -0.4 is 10.6 Å². The third-order valence-corrected chi connectivity index (χ3v) is 3.30. The first-order valence-electron chi connectivity index (χ1n) is 5.22. The molecule has 104 valence electrons. The predicted octanol–water partition coefficient (Wildman–Crippen LogP) is 1.98. The van der Waals surface area contributed by atoms with Gasteiger partial charge in [-0.25, -0.2) is 9.59 Å². The zero-order chi connectivity index (χ0) is 14.6. The zero-order valence-electron chi connectivity index (χ0n) is 9.91. The Morgan fingerprint density at radius 1 is 1.47 bits per heavy atom. The molecule has 6 nitrogen and oxygen atoms in total. The fraction of sp³-hybridized carbons (Fsp3) is 0.273. The Hall–Kier alpha value is -1.31. The molecular weight excluding hydrogens is 339 g/mol. The van der Waals surface area contributed by atoms with Gasteiger partial charge in [-0.05, 0) is 40.5 Å². The van der Waals surface area contributed by atoms with Crippen LogP contribution in [-0.4, -0.2) is 34.9 Å². The Morgan fingerprint density at radius 3 is 2.68 bits per heavy atom. The van der Waals surface area contributed by atoms with Gasteiger partial charge in [0.25, 0.3) is 0 Å². The number of nitrogens with one attached hydrogen (secondary N) is 2. The second-order valence-electron chi connectivity index (χ2n) is 3.77. The molecule has 8 heteroatoms. The fourth-order valence-electron chi connectivity index (χ4n) is 1.19. The summed E-state index contributed by atoms with van der Waals surface area (Å²) in [6, 6.07) is 2.67. The number of urea groups is 1. The topological polar surface area (TPSA) is 98.7 Å². The van der Waals surface area contributed by atoms with E-state index in [-0.39, 0.29) is 0 Å². The number of aliphatic hydroxyl groups is 1. The summed E-state index contributed by atoms with van der Waals surface area (Å²) >= 11 is 9.20. The van der Waals surface area contributed by atoms with Crippen molar-refractivity contribution in [2.45, 2.75) is 13.0 Å². The largest absolute Gasteiger partial charge is 0.479 e. The summed E-state index contributed by atoms with van der Waals surface area (Å²) in [5, 5.41) is 22.7. The second kappa shape index (κ2) is 6.74. The first-order valence-corrected chi connectivity index (χ1v) is 6.39. The van der Waals surface area contributed by atoms with E-state index in [9.17, 15) is 9.59 Å². The van der Waals surface area contributed by atoms with E-state index in [1.165, 1.54) is 0 Å². The Labute approximate surface area is 122 Å². The van der Waals surface area contributed by atoms with Crippen LogP contribution in [0.3, 0.4) is 0 Å². The number of hydrogen-bond donors (Lipinski definition) is 4. The van der Waals surface area contributed by atoms with E-state index in [4.69, 9.17) is 21.8 Å². The van der Waals surface area contributed by atoms with Gasteiger partial charge in [-0.15, -0.1) is 0 Å². The molecule has 0 aliphatic carbocycles. The lowest BCUT2D eigenvalue weighted by atomic mass is 10.2. The molecule has 19 heavy (non-hydrogen) atoms. The Balaban J connectivity index is 2.62. The van der Waals surface area contributed by atoms with Crippen LogP contribution in [0, 0.1) is 6.92 Å². The highest BCUT2D eigenvalue weighted by Crippen LogP contribution is 2.28. The number of rotatable bonds is 4. The molecule has 0 fully saturated rings. The summed E-state index contributed by atoms with van der Waals surface area (Å²) in [4.78, 5) is 21.9. The van der Waals surface area contributed by atoms with Crippen molar-refractivity contribution in [2.24, 2.45) is 0 Å². The van der Waals surface area contributed by atoms with Crippen molar-refractivity contribution < 1.29 is 19.8 Å². The quantitative estimate of drug-likeness (QED) is 0.666. The Morgan fingerprint density at radius 2 is 2.11 bits per heavy atom. The van der Waals surface area contributed by atoms with Gasteiger partial charge in [-0.3, -0.25) is 0 Å². The average molecular weight is 352 g/mol. The number of amides is 2. The molecule has 1 aromatic carbocycles. The van der Waals surface area contributed by atoms with Gasteiger partial charge in [0.15, 0.2) is 6.10 Å². The van der Waals surface area contributed by atoms with Gasteiger partial charge in [-0.1, -0.05) is 11.6 Å². The minimum atomic E-state index is -1.64. The summed E-state index contributed by atoms with van der Waals surface area (Å²) in [7, 11) is 0. The van der Waals surface area contributed by atoms with Gasteiger partial charge < -0.3 is 20.8 Å². The van der Waals surface area contributed by atoms with E-state index in [0.717, 1.165) is 5.56 Å². The molecule has 1 aromatic rings. The Kier molecular flexibility index (Phi) is 5.59. The molecule has 2 amide bonds. The van der Waals surface area contributed by atoms with E-state index in [1.54, 1.807) is 12.1 Å². The lowest BCUT2D eigenvalue weighted by Crippen LogP contribution is -2.38. The number of halogens is 2. The predicted molar refractivity (Wildman–Crippen MR) is 74.6 cm³/mol. The van der Waals surface area contributed by atoms with Crippen molar-refractivity contribution >= 4 is 45.2 Å². The molecule has 0 saturated carbocycles. The highest BCUT2D eigenvalue weighted by molar-refractivity contribution is 9.10. The molecule has 4 N–H and O–H groups in total. The average Bonchev–Trinajstić information content (AvgIpc) is 2.32. The standard InChI is InChI=1S/C11H12BrClN2O4/c1-5-2-6(12)8(3-7(5)13)15-11(19)14-4-9(16)10(17)18/h2-3,9,16H,4H2,1H3,(H,17,18)(H2,14,15,19). The third-order valence-electron chi connectivity index (χ3n) is 2.24. The van der Waals surface area contributed by atoms with Gasteiger partial charge >= 0.3 is 12.0 Å². The molecule has 1 unspecified atom stereocenters. The maximum absolute atomic E-state index is 11.5. The SMILES string of the molecule is Cc1cc(Br)c(NC(=O)NCC(O)C(=O)O)cc1Cl. The van der Waals surface area contributed by atoms with E-state index in [1.807, 2.05) is 6.92 Å². The maximum Gasteiger partial charge on any atom is 0.334 e. The van der Waals surface area contributed by atoms with Crippen molar-refractivity contribution in [3.8, 4) is 0 Å². The van der Waals surface area contributed by atoms with Crippen molar-refractivity contribution in [1.29, 1.82) is 0 Å². The number of carboxylic acid groups (broad SMARTS) is 1. The van der Waals surface area contributed by atoms with Crippen molar-refractivity contribution in [3.05, 3.63) is 27.2 Å². The lowest BCUT2D eigenvalue weighted by molar-refractivity contribution is -0.146. The molecule has 0 bridgehead atoms. The van der Waals surface area contributed by atoms with Crippen molar-refractivity contribution in [1.82, 2.24) is 5.32 Å². The van der Waals surface area contributed by atoms with Crippen LogP contribution in [0.1, 0.15) is 5.56 Å². The number of carboxylic acids is 1. The number of hydrogen-bond acceptors (Lipinski definition) is 3. The summed E-state index contributed by atoms with van der Waals surface area (Å²) in [6.07, 6.45) is -1.64. The van der Waals surface area contributed by atoms with Crippen LogP contribution in [0.2, 0.25) is 5.02 Å². The first kappa shape index (κ1) is 15.7. The van der Waals surface area contributed by atoms with Crippen LogP contribution in [-0.2, 0) is 4.79 Å². The van der Waals surface area contributed by atoms with Gasteiger partial charge in [0.1, 0.15) is 0 Å². The number of aliphatic hydroxyl groups excluding tert-OH is 1. The van der Waals surface area contributed by atoms with Crippen molar-refractivity contribution in [3.63, 3.8) is 0 Å². The van der Waals surface area contributed by atoms with Gasteiger partial charge in [0.05, 0.1) is 12.2 Å². The lowest BCUT2D eigenvalue weighted by Gasteiger charge is -2.11. The number of carbonyl (C=O) groups is 2. The molecule has 0 radical (unpaired) electrons. The van der Waals surface area contributed by atoms with E-state index in [0.29, 0.717) is 15.2 Å². The minimum Gasteiger partial charge on any atom is -0.479 e. The molecular formula is C11H12BrClN2O4. The number of benzene rings is 1. The van der Waals surface area contributed by atoms with Crippen LogP contribution in [0.4, 0.5) is 10.5 Å². The Bertz CT molecular complexity index is 510. The second-order valence-corrected chi connectivity index (χ2v) is 5.03. The van der Waals surface area contributed by atoms with Gasteiger partial charge in [0, 0.05) is 9.50 Å². The number of aryl methyl sites for hydroxylation is 1. The zero-order valence-corrected chi connectivity index (χ0v) is 12.2. The normalized spacial score (nSPS) is 11.8. The summed E-state index contributed by atoms with van der Waals surface area (Å²) in [5.41, 5.74) is 1.29. The van der Waals surface area contributed by atoms with Crippen LogP contribution in [0.15, 0.2) is 16.6 Å². The van der Waals surface area contributed by atoms with Crippen LogP contribution in [0.5, 0.6) is 0 Å². The maximum atomic E-state index is 11.5. The molecule has 1 rings (SSSR count). The number of aliphatic carboxylic acids is 1. The van der Waals surface area contributed by atoms with Gasteiger partial charge in [0.2, 0.25) is 0 Å².